The van der Waals surface area contributed by atoms with E-state index in [1.54, 1.807) is 24.3 Å². The van der Waals surface area contributed by atoms with E-state index < -0.39 is 11.6 Å². The van der Waals surface area contributed by atoms with Crippen LogP contribution >= 0.6 is 11.6 Å². The molecule has 0 spiro atoms. The topological polar surface area (TPSA) is 57.0 Å². The minimum absolute atomic E-state index is 0.0852. The molecule has 1 aromatic carbocycles. The molecule has 0 aliphatic heterocycles. The van der Waals surface area contributed by atoms with Crippen LogP contribution in [0.4, 0.5) is 0 Å². The maximum Gasteiger partial charge on any atom is 0.252 e. The minimum atomic E-state index is -0.848. The van der Waals surface area contributed by atoms with Gasteiger partial charge in [-0.05, 0) is 24.3 Å². The summed E-state index contributed by atoms with van der Waals surface area (Å²) in [6, 6.07) is 6.83. The number of hydrogen-bond donors (Lipinski definition) is 0. The summed E-state index contributed by atoms with van der Waals surface area (Å²) in [5.41, 5.74) is -0.553. The molecule has 0 radical (unpaired) electrons. The summed E-state index contributed by atoms with van der Waals surface area (Å²) in [6.45, 7) is 5.51. The highest BCUT2D eigenvalue weighted by Crippen LogP contribution is 2.26. The second-order valence-corrected chi connectivity index (χ2v) is 5.85. The number of ether oxygens (including phenoxy) is 1. The number of benzene rings is 1. The van der Waals surface area contributed by atoms with Gasteiger partial charge in [-0.25, -0.2) is 9.67 Å². The Hall–Kier alpha value is -1.88. The second kappa shape index (κ2) is 5.63. The fourth-order valence-corrected chi connectivity index (χ4v) is 1.70. The van der Waals surface area contributed by atoms with Crippen molar-refractivity contribution in [1.82, 2.24) is 14.8 Å². The molecule has 0 saturated carbocycles. The van der Waals surface area contributed by atoms with Gasteiger partial charge in [0.2, 0.25) is 5.78 Å². The number of carbonyl (C=O) groups is 1. The van der Waals surface area contributed by atoms with Gasteiger partial charge in [-0.15, -0.1) is 0 Å². The monoisotopic (exact) mass is 293 g/mol. The largest absolute Gasteiger partial charge is 0.461 e. The van der Waals surface area contributed by atoms with Gasteiger partial charge in [0.1, 0.15) is 18.4 Å². The molecule has 1 heterocycles. The van der Waals surface area contributed by atoms with Crippen LogP contribution in [0.15, 0.2) is 36.9 Å². The van der Waals surface area contributed by atoms with E-state index in [2.05, 4.69) is 10.1 Å². The molecule has 0 N–H and O–H groups in total. The van der Waals surface area contributed by atoms with Crippen LogP contribution in [0.5, 0.6) is 5.75 Å². The lowest BCUT2D eigenvalue weighted by molar-refractivity contribution is -0.138. The number of aromatic nitrogens is 3. The van der Waals surface area contributed by atoms with Gasteiger partial charge in [0.05, 0.1) is 0 Å². The van der Waals surface area contributed by atoms with Crippen molar-refractivity contribution in [2.45, 2.75) is 27.0 Å². The van der Waals surface area contributed by atoms with E-state index >= 15 is 0 Å². The molecular weight excluding hydrogens is 278 g/mol. The highest BCUT2D eigenvalue weighted by molar-refractivity contribution is 6.30. The maximum atomic E-state index is 12.5. The van der Waals surface area contributed by atoms with Gasteiger partial charge in [0.25, 0.3) is 6.23 Å². The number of halogens is 1. The van der Waals surface area contributed by atoms with E-state index in [1.165, 1.54) is 17.3 Å². The summed E-state index contributed by atoms with van der Waals surface area (Å²) >= 11 is 5.83. The zero-order valence-corrected chi connectivity index (χ0v) is 12.3. The van der Waals surface area contributed by atoms with Crippen molar-refractivity contribution in [2.75, 3.05) is 0 Å². The minimum Gasteiger partial charge on any atom is -0.461 e. The van der Waals surface area contributed by atoms with Crippen molar-refractivity contribution in [3.05, 3.63) is 41.9 Å². The lowest BCUT2D eigenvalue weighted by Gasteiger charge is -2.25. The first-order chi connectivity index (χ1) is 9.38. The van der Waals surface area contributed by atoms with Crippen LogP contribution in [-0.4, -0.2) is 20.5 Å². The summed E-state index contributed by atoms with van der Waals surface area (Å²) in [6.07, 6.45) is 1.98. The summed E-state index contributed by atoms with van der Waals surface area (Å²) in [7, 11) is 0. The Bertz CT molecular complexity index is 573. The molecule has 0 bridgehead atoms. The predicted octanol–water partition coefficient (Wildman–Crippen LogP) is 3.12. The van der Waals surface area contributed by atoms with Gasteiger partial charge in [-0.3, -0.25) is 4.79 Å². The normalized spacial score (nSPS) is 13.0. The molecular formula is C14H16ClN3O2. The number of hydrogen-bond acceptors (Lipinski definition) is 4. The van der Waals surface area contributed by atoms with Crippen molar-refractivity contribution in [3.8, 4) is 5.75 Å². The van der Waals surface area contributed by atoms with E-state index in [0.29, 0.717) is 10.8 Å². The highest BCUT2D eigenvalue weighted by Gasteiger charge is 2.33. The molecule has 2 rings (SSSR count). The summed E-state index contributed by atoms with van der Waals surface area (Å²) < 4.78 is 7.16. The third-order valence-corrected chi connectivity index (χ3v) is 2.95. The molecule has 2 aromatic rings. The van der Waals surface area contributed by atoms with Gasteiger partial charge in [-0.1, -0.05) is 32.4 Å². The number of Topliss-reactive ketones (excluding diaryl/α,β-unsaturated/α-hetero) is 1. The van der Waals surface area contributed by atoms with Gasteiger partial charge in [0, 0.05) is 10.4 Å². The lowest BCUT2D eigenvalue weighted by atomic mass is 9.90. The van der Waals surface area contributed by atoms with E-state index in [0.717, 1.165) is 0 Å². The Balaban J connectivity index is 2.28. The molecule has 1 atom stereocenters. The van der Waals surface area contributed by atoms with Gasteiger partial charge >= 0.3 is 0 Å². The van der Waals surface area contributed by atoms with Crippen molar-refractivity contribution >= 4 is 17.4 Å². The van der Waals surface area contributed by atoms with E-state index in [1.807, 2.05) is 20.8 Å². The third kappa shape index (κ3) is 3.36. The molecule has 6 heteroatoms. The first-order valence-corrected chi connectivity index (χ1v) is 6.56. The average Bonchev–Trinajstić information content (AvgIpc) is 2.90. The van der Waals surface area contributed by atoms with Crippen LogP contribution in [0.25, 0.3) is 0 Å². The van der Waals surface area contributed by atoms with Crippen LogP contribution in [0.1, 0.15) is 27.0 Å². The molecule has 0 aliphatic rings. The van der Waals surface area contributed by atoms with Crippen molar-refractivity contribution < 1.29 is 9.53 Å². The van der Waals surface area contributed by atoms with Gasteiger partial charge in [0.15, 0.2) is 0 Å². The van der Waals surface area contributed by atoms with Crippen molar-refractivity contribution in [1.29, 1.82) is 0 Å². The molecule has 0 saturated heterocycles. The lowest BCUT2D eigenvalue weighted by Crippen LogP contribution is -2.34. The smallest absolute Gasteiger partial charge is 0.252 e. The molecule has 0 fully saturated rings. The first-order valence-electron chi connectivity index (χ1n) is 6.18. The van der Waals surface area contributed by atoms with E-state index in [4.69, 9.17) is 16.3 Å². The van der Waals surface area contributed by atoms with Crippen molar-refractivity contribution in [2.24, 2.45) is 5.41 Å². The molecule has 0 aliphatic carbocycles. The SMILES string of the molecule is CC(C)(C)C(=O)[C@@H](Oc1ccc(Cl)cc1)n1cncn1. The van der Waals surface area contributed by atoms with Crippen LogP contribution in [-0.2, 0) is 4.79 Å². The Kier molecular flexibility index (Phi) is 4.09. The average molecular weight is 294 g/mol. The van der Waals surface area contributed by atoms with Crippen LogP contribution < -0.4 is 4.74 Å². The Morgan fingerprint density at radius 1 is 1.30 bits per heavy atom. The van der Waals surface area contributed by atoms with Gasteiger partial charge in [-0.2, -0.15) is 5.10 Å². The number of carbonyl (C=O) groups excluding carboxylic acids is 1. The van der Waals surface area contributed by atoms with E-state index in [-0.39, 0.29) is 5.78 Å². The number of nitrogens with zero attached hydrogens (tertiary/aromatic N) is 3. The van der Waals surface area contributed by atoms with Gasteiger partial charge < -0.3 is 4.74 Å². The second-order valence-electron chi connectivity index (χ2n) is 5.41. The molecule has 20 heavy (non-hydrogen) atoms. The van der Waals surface area contributed by atoms with Crippen molar-refractivity contribution in [3.63, 3.8) is 0 Å². The third-order valence-electron chi connectivity index (χ3n) is 2.70. The maximum absolute atomic E-state index is 12.5. The standard InChI is InChI=1S/C14H16ClN3O2/c1-14(2,3)12(19)13(18-9-16-8-17-18)20-11-6-4-10(15)5-7-11/h4-9,13H,1-3H3/t13-/m1/s1. The molecule has 1 aromatic heterocycles. The zero-order valence-electron chi connectivity index (χ0n) is 11.6. The first kappa shape index (κ1) is 14.5. The Morgan fingerprint density at radius 3 is 2.45 bits per heavy atom. The van der Waals surface area contributed by atoms with Crippen LogP contribution in [0.2, 0.25) is 5.02 Å². The predicted molar refractivity (Wildman–Crippen MR) is 75.6 cm³/mol. The van der Waals surface area contributed by atoms with Crippen LogP contribution in [0.3, 0.4) is 0 Å². The molecule has 0 unspecified atom stereocenters. The Morgan fingerprint density at radius 2 is 1.95 bits per heavy atom. The zero-order chi connectivity index (χ0) is 14.8. The summed E-state index contributed by atoms with van der Waals surface area (Å²) in [5, 5.41) is 4.61. The summed E-state index contributed by atoms with van der Waals surface area (Å²) in [4.78, 5) is 16.4. The molecule has 106 valence electrons. The quantitative estimate of drug-likeness (QED) is 0.869. The highest BCUT2D eigenvalue weighted by atomic mass is 35.5. The number of rotatable bonds is 4. The Labute approximate surface area is 122 Å². The molecule has 5 nitrogen and oxygen atoms in total. The van der Waals surface area contributed by atoms with Crippen LogP contribution in [0, 0.1) is 5.41 Å². The fraction of sp³-hybridized carbons (Fsp3) is 0.357. The van der Waals surface area contributed by atoms with E-state index in [9.17, 15) is 4.79 Å². The summed E-state index contributed by atoms with van der Waals surface area (Å²) in [5.74, 6) is 0.463. The fourth-order valence-electron chi connectivity index (χ4n) is 1.58. The molecule has 0 amide bonds. The number of ketones is 1.